The number of H-pyrrole nitrogens is 1. The van der Waals surface area contributed by atoms with Gasteiger partial charge in [-0.3, -0.25) is 9.59 Å². The topological polar surface area (TPSA) is 135 Å². The molecule has 1 atom stereocenters. The molecule has 10 heteroatoms. The van der Waals surface area contributed by atoms with Crippen molar-refractivity contribution in [3.05, 3.63) is 70.3 Å². The molecular formula is C20H18FN3O6. The summed E-state index contributed by atoms with van der Waals surface area (Å²) < 4.78 is 24.6. The van der Waals surface area contributed by atoms with E-state index in [2.05, 4.69) is 14.8 Å². The number of aromatic amines is 1. The normalized spacial score (nSPS) is 11.7. The molecule has 3 aromatic rings. The Labute approximate surface area is 169 Å². The molecule has 0 bridgehead atoms. The maximum absolute atomic E-state index is 14.8. The average molecular weight is 415 g/mol. The van der Waals surface area contributed by atoms with Gasteiger partial charge in [-0.25, -0.2) is 14.3 Å². The van der Waals surface area contributed by atoms with Crippen molar-refractivity contribution in [2.24, 2.45) is 0 Å². The van der Waals surface area contributed by atoms with Crippen LogP contribution in [0.1, 0.15) is 22.7 Å². The van der Waals surface area contributed by atoms with Gasteiger partial charge in [-0.2, -0.15) is 0 Å². The molecule has 1 aromatic heterocycles. The number of methoxy groups -OCH3 is 1. The second-order valence-electron chi connectivity index (χ2n) is 6.40. The van der Waals surface area contributed by atoms with E-state index < -0.39 is 41.8 Å². The van der Waals surface area contributed by atoms with Crippen molar-refractivity contribution in [2.45, 2.75) is 18.9 Å². The molecular weight excluding hydrogens is 397 g/mol. The highest BCUT2D eigenvalue weighted by Crippen LogP contribution is 2.30. The Morgan fingerprint density at radius 3 is 2.70 bits per heavy atom. The number of hydrogen-bond acceptors (Lipinski definition) is 6. The van der Waals surface area contributed by atoms with Gasteiger partial charge in [-0.15, -0.1) is 5.10 Å². The summed E-state index contributed by atoms with van der Waals surface area (Å²) >= 11 is 0. The number of ether oxygens (including phenoxy) is 1. The number of para-hydroxylation sites is 1. The number of hydrogen-bond donors (Lipinski definition) is 3. The molecule has 0 fully saturated rings. The first-order valence-corrected chi connectivity index (χ1v) is 8.87. The molecule has 0 saturated heterocycles. The number of halogens is 1. The zero-order valence-electron chi connectivity index (χ0n) is 15.8. The first kappa shape index (κ1) is 20.8. The van der Waals surface area contributed by atoms with Gasteiger partial charge in [0.05, 0.1) is 13.5 Å². The second-order valence-corrected chi connectivity index (χ2v) is 6.40. The van der Waals surface area contributed by atoms with E-state index in [1.165, 1.54) is 19.2 Å². The lowest BCUT2D eigenvalue weighted by Gasteiger charge is -2.17. The number of carboxylic acid groups (broad SMARTS) is 1. The molecule has 2 aromatic carbocycles. The Bertz CT molecular complexity index is 1120. The molecule has 3 rings (SSSR count). The molecule has 0 aliphatic rings. The molecule has 30 heavy (non-hydrogen) atoms. The molecule has 0 aliphatic heterocycles. The van der Waals surface area contributed by atoms with Gasteiger partial charge >= 0.3 is 23.5 Å². The molecule has 0 spiro atoms. The molecule has 0 aliphatic carbocycles. The van der Waals surface area contributed by atoms with Crippen LogP contribution in [0.4, 0.5) is 4.39 Å². The molecule has 0 radical (unpaired) electrons. The van der Waals surface area contributed by atoms with E-state index in [-0.39, 0.29) is 12.0 Å². The van der Waals surface area contributed by atoms with Crippen LogP contribution in [-0.2, 0) is 11.2 Å². The van der Waals surface area contributed by atoms with Crippen LogP contribution in [0, 0.1) is 5.82 Å². The molecule has 3 N–H and O–H groups in total. The van der Waals surface area contributed by atoms with Crippen molar-refractivity contribution < 1.29 is 28.2 Å². The van der Waals surface area contributed by atoms with Crippen molar-refractivity contribution in [1.29, 1.82) is 0 Å². The van der Waals surface area contributed by atoms with E-state index in [4.69, 9.17) is 9.84 Å². The van der Waals surface area contributed by atoms with Crippen molar-refractivity contribution in [3.8, 4) is 16.9 Å². The zero-order valence-corrected chi connectivity index (χ0v) is 15.8. The molecule has 156 valence electrons. The highest BCUT2D eigenvalue weighted by molar-refractivity contribution is 5.89. The van der Waals surface area contributed by atoms with Gasteiger partial charge in [0.15, 0.2) is 0 Å². The van der Waals surface area contributed by atoms with E-state index in [0.29, 0.717) is 16.9 Å². The quantitative estimate of drug-likeness (QED) is 0.512. The highest BCUT2D eigenvalue weighted by atomic mass is 19.1. The van der Waals surface area contributed by atoms with E-state index >= 15 is 0 Å². The fraction of sp³-hybridized carbons (Fsp3) is 0.200. The summed E-state index contributed by atoms with van der Waals surface area (Å²) in [5, 5.41) is 16.8. The Balaban J connectivity index is 1.81. The number of nitrogens with one attached hydrogen (secondary N) is 2. The summed E-state index contributed by atoms with van der Waals surface area (Å²) in [6, 6.07) is 10.7. The largest absolute Gasteiger partial charge is 0.496 e. The first-order valence-electron chi connectivity index (χ1n) is 8.87. The van der Waals surface area contributed by atoms with Crippen LogP contribution in [0.25, 0.3) is 11.1 Å². The Morgan fingerprint density at radius 2 is 2.07 bits per heavy atom. The maximum Gasteiger partial charge on any atom is 0.434 e. The lowest BCUT2D eigenvalue weighted by molar-refractivity contribution is -0.137. The van der Waals surface area contributed by atoms with E-state index in [9.17, 15) is 18.8 Å². The molecule has 1 unspecified atom stereocenters. The average Bonchev–Trinajstić information content (AvgIpc) is 3.15. The van der Waals surface area contributed by atoms with Crippen molar-refractivity contribution in [3.63, 3.8) is 0 Å². The maximum atomic E-state index is 14.8. The van der Waals surface area contributed by atoms with Gasteiger partial charge in [-0.1, -0.05) is 30.3 Å². The van der Waals surface area contributed by atoms with Gasteiger partial charge in [0, 0.05) is 11.6 Å². The van der Waals surface area contributed by atoms with Crippen molar-refractivity contribution in [2.75, 3.05) is 7.11 Å². The van der Waals surface area contributed by atoms with Crippen LogP contribution in [0.5, 0.6) is 5.75 Å². The van der Waals surface area contributed by atoms with E-state index in [1.807, 2.05) is 5.10 Å². The van der Waals surface area contributed by atoms with Gasteiger partial charge in [0.2, 0.25) is 0 Å². The highest BCUT2D eigenvalue weighted by Gasteiger charge is 2.22. The van der Waals surface area contributed by atoms with Crippen molar-refractivity contribution in [1.82, 2.24) is 15.5 Å². The van der Waals surface area contributed by atoms with Gasteiger partial charge in [-0.05, 0) is 29.7 Å². The van der Waals surface area contributed by atoms with Crippen LogP contribution in [-0.4, -0.2) is 40.3 Å². The second kappa shape index (κ2) is 9.03. The molecule has 1 amide bonds. The number of aliphatic carboxylic acids is 1. The number of rotatable bonds is 8. The number of amides is 1. The number of carbonyl (C=O) groups is 2. The molecule has 1 heterocycles. The Morgan fingerprint density at radius 1 is 1.30 bits per heavy atom. The summed E-state index contributed by atoms with van der Waals surface area (Å²) in [6.45, 7) is 0. The predicted molar refractivity (Wildman–Crippen MR) is 103 cm³/mol. The lowest BCUT2D eigenvalue weighted by Crippen LogP contribution is -2.38. The Kier molecular flexibility index (Phi) is 6.26. The fourth-order valence-corrected chi connectivity index (χ4v) is 2.99. The van der Waals surface area contributed by atoms with Crippen molar-refractivity contribution >= 4 is 11.9 Å². The van der Waals surface area contributed by atoms with Crippen LogP contribution in [0.3, 0.4) is 0 Å². The molecule has 9 nitrogen and oxygen atoms in total. The minimum Gasteiger partial charge on any atom is -0.496 e. The predicted octanol–water partition coefficient (Wildman–Crippen LogP) is 1.99. The van der Waals surface area contributed by atoms with E-state index in [0.717, 1.165) is 0 Å². The third-order valence-corrected chi connectivity index (χ3v) is 4.33. The number of aromatic nitrogens is 2. The minimum absolute atomic E-state index is 0.0925. The Hall–Kier alpha value is -3.95. The minimum atomic E-state index is -1.19. The van der Waals surface area contributed by atoms with Crippen LogP contribution in [0.2, 0.25) is 0 Å². The van der Waals surface area contributed by atoms with Crippen LogP contribution >= 0.6 is 0 Å². The smallest absolute Gasteiger partial charge is 0.434 e. The number of benzene rings is 2. The molecule has 0 saturated carbocycles. The van der Waals surface area contributed by atoms with E-state index in [1.54, 1.807) is 30.3 Å². The summed E-state index contributed by atoms with van der Waals surface area (Å²) in [5.74, 6) is -3.51. The fourth-order valence-electron chi connectivity index (χ4n) is 2.99. The van der Waals surface area contributed by atoms with Gasteiger partial charge in [0.25, 0.3) is 0 Å². The van der Waals surface area contributed by atoms with Crippen LogP contribution in [0.15, 0.2) is 51.7 Å². The summed E-state index contributed by atoms with van der Waals surface area (Å²) in [4.78, 5) is 34.2. The monoisotopic (exact) mass is 415 g/mol. The first-order chi connectivity index (χ1) is 14.4. The zero-order chi connectivity index (χ0) is 21.7. The summed E-state index contributed by atoms with van der Waals surface area (Å²) in [7, 11) is 1.52. The number of carbonyl (C=O) groups excluding carboxylic acids is 1. The van der Waals surface area contributed by atoms with Crippen LogP contribution < -0.4 is 15.8 Å². The third kappa shape index (κ3) is 4.90. The summed E-state index contributed by atoms with van der Waals surface area (Å²) in [6.07, 6.45) is -0.557. The standard InChI is InChI=1S/C20H18FN3O6/c1-29-16-5-3-2-4-14(16)11-6-7-12(15(21)9-11)8-13(10-17(25)26)22-18(27)19-23-24-20(28)30-19/h2-7,9,13H,8,10H2,1H3,(H,22,27)(H,24,28)(H,25,26). The van der Waals surface area contributed by atoms with Gasteiger partial charge in [0.1, 0.15) is 11.6 Å². The SMILES string of the molecule is COc1ccccc1-c1ccc(CC(CC(=O)O)NC(=O)c2n[nH]c(=O)o2)c(F)c1. The number of carboxylic acids is 1. The number of nitrogens with zero attached hydrogens (tertiary/aromatic N) is 1. The summed E-state index contributed by atoms with van der Waals surface area (Å²) in [5.41, 5.74) is 1.50. The third-order valence-electron chi connectivity index (χ3n) is 4.33. The lowest BCUT2D eigenvalue weighted by atomic mass is 9.98. The van der Waals surface area contributed by atoms with Gasteiger partial charge < -0.3 is 19.6 Å².